The molecule has 174 valence electrons. The van der Waals surface area contributed by atoms with E-state index in [4.69, 9.17) is 18.6 Å². The molecular formula is C29H23NO5. The highest BCUT2D eigenvalue weighted by molar-refractivity contribution is 6.11. The van der Waals surface area contributed by atoms with E-state index in [1.807, 2.05) is 48.5 Å². The summed E-state index contributed by atoms with van der Waals surface area (Å²) in [7, 11) is 4.72. The molecule has 6 heteroatoms. The average Bonchev–Trinajstić information content (AvgIpc) is 2.91. The van der Waals surface area contributed by atoms with Gasteiger partial charge in [0, 0.05) is 22.2 Å². The highest BCUT2D eigenvalue weighted by atomic mass is 16.5. The molecule has 1 atom stereocenters. The lowest BCUT2D eigenvalue weighted by Gasteiger charge is -2.31. The van der Waals surface area contributed by atoms with Gasteiger partial charge in [-0.2, -0.15) is 0 Å². The summed E-state index contributed by atoms with van der Waals surface area (Å²) in [6.45, 7) is 0. The Morgan fingerprint density at radius 2 is 1.46 bits per heavy atom. The fraction of sp³-hybridized carbons (Fsp3) is 0.138. The summed E-state index contributed by atoms with van der Waals surface area (Å²) >= 11 is 0. The third-order valence-electron chi connectivity index (χ3n) is 6.64. The Labute approximate surface area is 201 Å². The van der Waals surface area contributed by atoms with Crippen LogP contribution in [0.25, 0.3) is 32.9 Å². The predicted octanol–water partition coefficient (Wildman–Crippen LogP) is 6.15. The second-order valence-corrected chi connectivity index (χ2v) is 8.42. The molecule has 4 aromatic carbocycles. The summed E-state index contributed by atoms with van der Waals surface area (Å²) < 4.78 is 22.5. The summed E-state index contributed by atoms with van der Waals surface area (Å²) in [6, 6.07) is 23.3. The zero-order chi connectivity index (χ0) is 24.1. The minimum atomic E-state index is -0.492. The molecule has 0 radical (unpaired) electrons. The lowest BCUT2D eigenvalue weighted by molar-refractivity contribution is 0.323. The number of para-hydroxylation sites is 1. The van der Waals surface area contributed by atoms with Crippen LogP contribution < -0.4 is 25.2 Å². The molecule has 6 nitrogen and oxygen atoms in total. The number of fused-ring (bicyclic) bond motifs is 7. The highest BCUT2D eigenvalue weighted by Crippen LogP contribution is 2.49. The normalized spacial score (nSPS) is 14.2. The molecule has 1 aromatic heterocycles. The number of nitrogens with one attached hydrogen (secondary N) is 1. The van der Waals surface area contributed by atoms with Crippen molar-refractivity contribution in [3.63, 3.8) is 0 Å². The van der Waals surface area contributed by atoms with Gasteiger partial charge in [0.2, 0.25) is 5.75 Å². The van der Waals surface area contributed by atoms with Crippen molar-refractivity contribution in [1.82, 2.24) is 0 Å². The smallest absolute Gasteiger partial charge is 0.342 e. The van der Waals surface area contributed by atoms with E-state index in [-0.39, 0.29) is 5.63 Å². The van der Waals surface area contributed by atoms with Crippen molar-refractivity contribution in [3.8, 4) is 28.4 Å². The monoisotopic (exact) mass is 465 g/mol. The Morgan fingerprint density at radius 3 is 2.17 bits per heavy atom. The van der Waals surface area contributed by atoms with Crippen molar-refractivity contribution in [2.24, 2.45) is 0 Å². The van der Waals surface area contributed by atoms with E-state index in [0.29, 0.717) is 28.4 Å². The molecule has 1 aliphatic heterocycles. The molecule has 1 aliphatic rings. The molecule has 5 aromatic rings. The van der Waals surface area contributed by atoms with Crippen LogP contribution in [0.4, 0.5) is 5.69 Å². The summed E-state index contributed by atoms with van der Waals surface area (Å²) in [5.41, 5.74) is 4.31. The lowest BCUT2D eigenvalue weighted by atomic mass is 9.83. The molecule has 0 aliphatic carbocycles. The third-order valence-corrected chi connectivity index (χ3v) is 6.64. The topological polar surface area (TPSA) is 69.9 Å². The number of benzene rings is 4. The summed E-state index contributed by atoms with van der Waals surface area (Å²) in [5.74, 6) is 1.52. The average molecular weight is 466 g/mol. The number of ether oxygens (including phenoxy) is 3. The molecule has 0 spiro atoms. The van der Waals surface area contributed by atoms with Crippen molar-refractivity contribution in [2.45, 2.75) is 6.04 Å². The maximum absolute atomic E-state index is 13.5. The van der Waals surface area contributed by atoms with E-state index in [1.54, 1.807) is 21.3 Å². The number of hydrogen-bond acceptors (Lipinski definition) is 6. The van der Waals surface area contributed by atoms with Crippen LogP contribution in [0.3, 0.4) is 0 Å². The van der Waals surface area contributed by atoms with Crippen LogP contribution in [-0.4, -0.2) is 21.3 Å². The molecule has 0 saturated heterocycles. The van der Waals surface area contributed by atoms with Crippen LogP contribution in [0.5, 0.6) is 17.2 Å². The standard InChI is InChI=1S/C29H23NO5/c1-32-22-14-17(15-23(33-2)28(22)34-3)27-26-25(19-10-6-7-11-21(19)35-29(26)31)24-18-9-5-4-8-16(18)12-13-20(24)30-27/h4-15,27,30H,1-3H3. The molecule has 6 rings (SSSR count). The fourth-order valence-electron chi connectivity index (χ4n) is 5.10. The van der Waals surface area contributed by atoms with Gasteiger partial charge in [-0.15, -0.1) is 0 Å². The summed E-state index contributed by atoms with van der Waals surface area (Å²) in [6.07, 6.45) is 0. The van der Waals surface area contributed by atoms with Crippen LogP contribution in [0, 0.1) is 0 Å². The Bertz CT molecular complexity index is 1650. The third kappa shape index (κ3) is 3.14. The van der Waals surface area contributed by atoms with Crippen molar-refractivity contribution in [2.75, 3.05) is 26.6 Å². The largest absolute Gasteiger partial charge is 0.493 e. The van der Waals surface area contributed by atoms with Crippen molar-refractivity contribution in [3.05, 3.63) is 94.3 Å². The number of hydrogen-bond donors (Lipinski definition) is 1. The Morgan fingerprint density at radius 1 is 0.771 bits per heavy atom. The number of anilines is 1. The first-order valence-electron chi connectivity index (χ1n) is 11.3. The molecule has 0 bridgehead atoms. The summed E-state index contributed by atoms with van der Waals surface area (Å²) in [5, 5.41) is 6.65. The van der Waals surface area contributed by atoms with Crippen LogP contribution >= 0.6 is 0 Å². The Kier molecular flexibility index (Phi) is 4.88. The molecule has 1 N–H and O–H groups in total. The van der Waals surface area contributed by atoms with Gasteiger partial charge in [0.25, 0.3) is 0 Å². The van der Waals surface area contributed by atoms with E-state index < -0.39 is 6.04 Å². The van der Waals surface area contributed by atoms with Gasteiger partial charge in [-0.05, 0) is 40.6 Å². The first-order valence-corrected chi connectivity index (χ1v) is 11.3. The van der Waals surface area contributed by atoms with Gasteiger partial charge in [-0.25, -0.2) is 4.79 Å². The Hall–Kier alpha value is -4.45. The Balaban J connectivity index is 1.72. The minimum absolute atomic E-state index is 0.386. The van der Waals surface area contributed by atoms with Crippen LogP contribution in [0.2, 0.25) is 0 Å². The van der Waals surface area contributed by atoms with E-state index >= 15 is 0 Å². The van der Waals surface area contributed by atoms with Crippen molar-refractivity contribution >= 4 is 27.4 Å². The van der Waals surface area contributed by atoms with Gasteiger partial charge < -0.3 is 23.9 Å². The van der Waals surface area contributed by atoms with Gasteiger partial charge in [-0.1, -0.05) is 48.5 Å². The second kappa shape index (κ2) is 8.09. The molecule has 0 fully saturated rings. The fourth-order valence-corrected chi connectivity index (χ4v) is 5.10. The van der Waals surface area contributed by atoms with Gasteiger partial charge >= 0.3 is 5.63 Å². The zero-order valence-corrected chi connectivity index (χ0v) is 19.5. The highest BCUT2D eigenvalue weighted by Gasteiger charge is 2.33. The number of rotatable bonds is 4. The van der Waals surface area contributed by atoms with Gasteiger partial charge in [0.1, 0.15) is 5.58 Å². The van der Waals surface area contributed by atoms with Gasteiger partial charge in [0.15, 0.2) is 11.5 Å². The first kappa shape index (κ1) is 21.1. The van der Waals surface area contributed by atoms with E-state index in [1.165, 1.54) is 0 Å². The zero-order valence-electron chi connectivity index (χ0n) is 19.5. The molecule has 0 saturated carbocycles. The number of methoxy groups -OCH3 is 3. The molecular weight excluding hydrogens is 442 g/mol. The maximum Gasteiger partial charge on any atom is 0.342 e. The summed E-state index contributed by atoms with van der Waals surface area (Å²) in [4.78, 5) is 13.5. The molecule has 2 heterocycles. The van der Waals surface area contributed by atoms with E-state index in [9.17, 15) is 4.79 Å². The van der Waals surface area contributed by atoms with E-state index in [0.717, 1.165) is 38.5 Å². The lowest BCUT2D eigenvalue weighted by Crippen LogP contribution is -2.25. The minimum Gasteiger partial charge on any atom is -0.493 e. The SMILES string of the molecule is COc1cc(C2Nc3ccc4ccccc4c3-c3c2c(=O)oc2ccccc32)cc(OC)c1OC. The molecule has 0 amide bonds. The first-order chi connectivity index (χ1) is 17.1. The van der Waals surface area contributed by atoms with Crippen molar-refractivity contribution in [1.29, 1.82) is 0 Å². The molecule has 1 unspecified atom stereocenters. The second-order valence-electron chi connectivity index (χ2n) is 8.42. The van der Waals surface area contributed by atoms with Crippen LogP contribution in [0.1, 0.15) is 17.2 Å². The van der Waals surface area contributed by atoms with E-state index in [2.05, 4.69) is 29.6 Å². The maximum atomic E-state index is 13.5. The predicted molar refractivity (Wildman–Crippen MR) is 137 cm³/mol. The van der Waals surface area contributed by atoms with Gasteiger partial charge in [-0.3, -0.25) is 0 Å². The molecule has 35 heavy (non-hydrogen) atoms. The quantitative estimate of drug-likeness (QED) is 0.321. The van der Waals surface area contributed by atoms with Gasteiger partial charge in [0.05, 0.1) is 32.9 Å². The van der Waals surface area contributed by atoms with Crippen LogP contribution in [0.15, 0.2) is 82.0 Å². The van der Waals surface area contributed by atoms with Crippen LogP contribution in [-0.2, 0) is 0 Å². The van der Waals surface area contributed by atoms with Crippen molar-refractivity contribution < 1.29 is 18.6 Å².